The molecule has 168 valence electrons. The third kappa shape index (κ3) is 2.58. The molecule has 0 saturated carbocycles. The predicted octanol–water partition coefficient (Wildman–Crippen LogP) is 0.646. The normalized spacial score (nSPS) is 24.1. The van der Waals surface area contributed by atoms with Gasteiger partial charge in [0.15, 0.2) is 16.9 Å². The van der Waals surface area contributed by atoms with Crippen LogP contribution < -0.4 is 15.5 Å². The maximum atomic E-state index is 15.7. The lowest BCUT2D eigenvalue weighted by molar-refractivity contribution is -0.151. The van der Waals surface area contributed by atoms with Gasteiger partial charge in [0.2, 0.25) is 17.4 Å². The van der Waals surface area contributed by atoms with Gasteiger partial charge in [-0.15, -0.1) is 0 Å². The Morgan fingerprint density at radius 3 is 2.75 bits per heavy atom. The molecular weight excluding hydrogens is 427 g/mol. The molecule has 12 heteroatoms. The molecule has 1 spiro atoms. The fourth-order valence-corrected chi connectivity index (χ4v) is 5.01. The van der Waals surface area contributed by atoms with E-state index in [9.17, 15) is 19.2 Å². The first-order valence-electron chi connectivity index (χ1n) is 10.1. The second-order valence-electron chi connectivity index (χ2n) is 7.93. The molecule has 2 aromatic rings. The summed E-state index contributed by atoms with van der Waals surface area (Å²) in [5.41, 5.74) is -1.74. The van der Waals surface area contributed by atoms with E-state index < -0.39 is 47.2 Å². The molecule has 0 bridgehead atoms. The summed E-state index contributed by atoms with van der Waals surface area (Å²) < 4.78 is 31.5. The molecule has 2 N–H and O–H groups in total. The van der Waals surface area contributed by atoms with Crippen LogP contribution in [0.25, 0.3) is 11.0 Å². The molecule has 2 fully saturated rings. The van der Waals surface area contributed by atoms with Crippen LogP contribution in [0.4, 0.5) is 14.9 Å². The number of anilines is 1. The third-order valence-corrected chi connectivity index (χ3v) is 6.25. The monoisotopic (exact) mass is 446 g/mol. The minimum atomic E-state index is -1.75. The summed E-state index contributed by atoms with van der Waals surface area (Å²) in [6.45, 7) is 3.82. The molecule has 2 saturated heterocycles. The Morgan fingerprint density at radius 2 is 2.06 bits per heavy atom. The largest absolute Gasteiger partial charge is 0.461 e. The number of urea groups is 1. The molecule has 11 nitrogen and oxygen atoms in total. The molecule has 1 aromatic carbocycles. The van der Waals surface area contributed by atoms with Crippen molar-refractivity contribution in [3.05, 3.63) is 23.1 Å². The van der Waals surface area contributed by atoms with Crippen molar-refractivity contribution in [2.75, 3.05) is 24.7 Å². The number of halogens is 1. The topological polar surface area (TPSA) is 140 Å². The van der Waals surface area contributed by atoms with Gasteiger partial charge in [-0.2, -0.15) is 0 Å². The van der Waals surface area contributed by atoms with E-state index in [0.717, 1.165) is 0 Å². The highest BCUT2D eigenvalue weighted by Crippen LogP contribution is 2.48. The number of hydrogen-bond donors (Lipinski definition) is 2. The number of amides is 4. The molecule has 0 radical (unpaired) electrons. The van der Waals surface area contributed by atoms with Crippen LogP contribution in [-0.2, 0) is 25.5 Å². The van der Waals surface area contributed by atoms with Crippen LogP contribution in [-0.4, -0.2) is 60.9 Å². The lowest BCUT2D eigenvalue weighted by Crippen LogP contribution is -2.74. The first-order chi connectivity index (χ1) is 15.3. The number of fused-ring (bicyclic) bond motifs is 5. The van der Waals surface area contributed by atoms with Gasteiger partial charge in [0.1, 0.15) is 0 Å². The SMILES string of the molecule is CCOC(=O)c1noc2c(F)c3c(cc12)CC1(C(=O)NC(=O)NC1=O)[C@H]1[C@H](C)OCCN31. The van der Waals surface area contributed by atoms with E-state index in [1.807, 2.05) is 0 Å². The van der Waals surface area contributed by atoms with Gasteiger partial charge in [-0.3, -0.25) is 20.2 Å². The van der Waals surface area contributed by atoms with Crippen molar-refractivity contribution in [1.82, 2.24) is 15.8 Å². The number of imide groups is 2. The van der Waals surface area contributed by atoms with Gasteiger partial charge in [0.25, 0.3) is 0 Å². The Morgan fingerprint density at radius 1 is 1.34 bits per heavy atom. The van der Waals surface area contributed by atoms with Crippen LogP contribution in [0.1, 0.15) is 29.9 Å². The predicted molar refractivity (Wildman–Crippen MR) is 104 cm³/mol. The summed E-state index contributed by atoms with van der Waals surface area (Å²) in [5, 5.41) is 8.06. The molecule has 4 heterocycles. The van der Waals surface area contributed by atoms with Gasteiger partial charge in [0.05, 0.1) is 36.4 Å². The van der Waals surface area contributed by atoms with Crippen molar-refractivity contribution in [3.8, 4) is 0 Å². The smallest absolute Gasteiger partial charge is 0.361 e. The second kappa shape index (κ2) is 6.99. The van der Waals surface area contributed by atoms with E-state index in [1.54, 1.807) is 18.7 Å². The van der Waals surface area contributed by atoms with Gasteiger partial charge < -0.3 is 18.9 Å². The summed E-state index contributed by atoms with van der Waals surface area (Å²) in [7, 11) is 0. The van der Waals surface area contributed by atoms with Crippen molar-refractivity contribution < 1.29 is 37.6 Å². The van der Waals surface area contributed by atoms with Crippen LogP contribution in [0.2, 0.25) is 0 Å². The molecule has 3 aliphatic heterocycles. The standard InChI is InChI=1S/C20H19FN4O7/c1-3-30-16(26)12-10-6-9-7-20(17(27)22-19(29)23-18(20)28)15-8(2)31-5-4-25(15)13(9)11(21)14(10)32-24-12/h6,8,15H,3-5,7H2,1-2H3,(H2,22,23,27,28,29)/t8-,15+/m0/s1. The van der Waals surface area contributed by atoms with Crippen LogP contribution in [0.5, 0.6) is 0 Å². The summed E-state index contributed by atoms with van der Waals surface area (Å²) in [6.07, 6.45) is -0.843. The average Bonchev–Trinajstić information content (AvgIpc) is 3.16. The summed E-state index contributed by atoms with van der Waals surface area (Å²) >= 11 is 0. The van der Waals surface area contributed by atoms with Crippen LogP contribution in [0.15, 0.2) is 10.6 Å². The lowest BCUT2D eigenvalue weighted by Gasteiger charge is -2.54. The van der Waals surface area contributed by atoms with Crippen molar-refractivity contribution in [1.29, 1.82) is 0 Å². The van der Waals surface area contributed by atoms with Gasteiger partial charge >= 0.3 is 12.0 Å². The molecule has 0 aliphatic carbocycles. The van der Waals surface area contributed by atoms with Crippen LogP contribution in [0.3, 0.4) is 0 Å². The van der Waals surface area contributed by atoms with Gasteiger partial charge in [-0.05, 0) is 25.5 Å². The Labute approximate surface area is 180 Å². The molecular formula is C20H19FN4O7. The molecule has 5 rings (SSSR count). The van der Waals surface area contributed by atoms with Crippen LogP contribution in [0, 0.1) is 11.2 Å². The van der Waals surface area contributed by atoms with E-state index in [0.29, 0.717) is 5.56 Å². The van der Waals surface area contributed by atoms with Crippen LogP contribution >= 0.6 is 0 Å². The fourth-order valence-electron chi connectivity index (χ4n) is 5.01. The lowest BCUT2D eigenvalue weighted by atomic mass is 9.66. The van der Waals surface area contributed by atoms with Gasteiger partial charge in [-0.1, -0.05) is 5.16 Å². The summed E-state index contributed by atoms with van der Waals surface area (Å²) in [6, 6.07) is -0.320. The van der Waals surface area contributed by atoms with Crippen molar-refractivity contribution >= 4 is 40.5 Å². The first kappa shape index (κ1) is 20.4. The Hall–Kier alpha value is -3.54. The first-order valence-corrected chi connectivity index (χ1v) is 10.1. The van der Waals surface area contributed by atoms with Gasteiger partial charge in [-0.25, -0.2) is 14.0 Å². The van der Waals surface area contributed by atoms with Crippen molar-refractivity contribution in [2.24, 2.45) is 5.41 Å². The quantitative estimate of drug-likeness (QED) is 0.502. The van der Waals surface area contributed by atoms with E-state index >= 15 is 4.39 Å². The van der Waals surface area contributed by atoms with E-state index in [-0.39, 0.29) is 48.5 Å². The number of esters is 1. The number of nitrogens with one attached hydrogen (secondary N) is 2. The summed E-state index contributed by atoms with van der Waals surface area (Å²) in [5.74, 6) is -3.13. The minimum Gasteiger partial charge on any atom is -0.461 e. The summed E-state index contributed by atoms with van der Waals surface area (Å²) in [4.78, 5) is 51.8. The zero-order valence-corrected chi connectivity index (χ0v) is 17.2. The minimum absolute atomic E-state index is 0.0716. The second-order valence-corrected chi connectivity index (χ2v) is 7.93. The number of rotatable bonds is 2. The Balaban J connectivity index is 1.74. The number of carbonyl (C=O) groups is 4. The number of benzene rings is 1. The number of carbonyl (C=O) groups excluding carboxylic acids is 4. The van der Waals surface area contributed by atoms with Crippen molar-refractivity contribution in [2.45, 2.75) is 32.4 Å². The number of ether oxygens (including phenoxy) is 2. The number of aromatic nitrogens is 1. The molecule has 3 aliphatic rings. The molecule has 32 heavy (non-hydrogen) atoms. The zero-order chi connectivity index (χ0) is 22.8. The fraction of sp³-hybridized carbons (Fsp3) is 0.450. The Bertz CT molecular complexity index is 1170. The number of morpholine rings is 1. The molecule has 2 atom stereocenters. The highest BCUT2D eigenvalue weighted by molar-refractivity contribution is 6.20. The van der Waals surface area contributed by atoms with Crippen molar-refractivity contribution in [3.63, 3.8) is 0 Å². The number of barbiturate groups is 1. The Kier molecular flexibility index (Phi) is 4.45. The maximum absolute atomic E-state index is 15.7. The third-order valence-electron chi connectivity index (χ3n) is 6.25. The number of nitrogens with zero attached hydrogens (tertiary/aromatic N) is 2. The van der Waals surface area contributed by atoms with E-state index in [4.69, 9.17) is 14.0 Å². The molecule has 0 unspecified atom stereocenters. The van der Waals surface area contributed by atoms with E-state index in [1.165, 1.54) is 6.07 Å². The van der Waals surface area contributed by atoms with E-state index in [2.05, 4.69) is 15.8 Å². The maximum Gasteiger partial charge on any atom is 0.361 e. The molecule has 1 aromatic heterocycles. The number of hydrogen-bond acceptors (Lipinski definition) is 9. The highest BCUT2D eigenvalue weighted by atomic mass is 19.1. The highest BCUT2D eigenvalue weighted by Gasteiger charge is 2.62. The average molecular weight is 446 g/mol. The van der Waals surface area contributed by atoms with Gasteiger partial charge in [0, 0.05) is 13.0 Å². The molecule has 4 amide bonds. The zero-order valence-electron chi connectivity index (χ0n) is 17.2.